The highest BCUT2D eigenvalue weighted by atomic mass is 35.5. The molecule has 2 aliphatic rings. The average molecular weight is 335 g/mol. The van der Waals surface area contributed by atoms with Crippen LogP contribution in [0.5, 0.6) is 0 Å². The van der Waals surface area contributed by atoms with E-state index in [-0.39, 0.29) is 23.7 Å². The van der Waals surface area contributed by atoms with Gasteiger partial charge < -0.3 is 20.5 Å². The Bertz CT molecular complexity index is 757. The lowest BCUT2D eigenvalue weighted by Gasteiger charge is -2.29. The van der Waals surface area contributed by atoms with E-state index in [0.717, 1.165) is 23.7 Å². The van der Waals surface area contributed by atoms with Crippen LogP contribution in [0.3, 0.4) is 0 Å². The molecule has 2 bridgehead atoms. The Balaban J connectivity index is 1.42. The van der Waals surface area contributed by atoms with E-state index in [2.05, 4.69) is 10.3 Å². The molecule has 2 aromatic rings. The average Bonchev–Trinajstić information content (AvgIpc) is 3.20. The number of nitrogens with one attached hydrogen (secondary N) is 2. The van der Waals surface area contributed by atoms with Crippen molar-refractivity contribution in [1.29, 1.82) is 0 Å². The van der Waals surface area contributed by atoms with E-state index in [1.807, 2.05) is 6.07 Å². The molecule has 2 aliphatic carbocycles. The molecule has 0 saturated heterocycles. The van der Waals surface area contributed by atoms with E-state index in [9.17, 15) is 15.0 Å². The zero-order valence-electron chi connectivity index (χ0n) is 12.5. The number of aromatic nitrogens is 1. The number of fused-ring (bicyclic) bond motifs is 3. The molecule has 2 saturated carbocycles. The molecule has 0 aliphatic heterocycles. The second kappa shape index (κ2) is 5.51. The lowest BCUT2D eigenvalue weighted by Crippen LogP contribution is -2.41. The lowest BCUT2D eigenvalue weighted by molar-refractivity contribution is -0.0332. The first-order valence-electron chi connectivity index (χ1n) is 7.95. The van der Waals surface area contributed by atoms with Crippen molar-refractivity contribution in [3.05, 3.63) is 35.0 Å². The first-order valence-corrected chi connectivity index (χ1v) is 8.33. The molecule has 5 atom stereocenters. The van der Waals surface area contributed by atoms with Gasteiger partial charge in [0.1, 0.15) is 5.69 Å². The fraction of sp³-hybridized carbons (Fsp3) is 0.471. The number of halogens is 1. The van der Waals surface area contributed by atoms with E-state index in [1.165, 1.54) is 0 Å². The third-order valence-electron chi connectivity index (χ3n) is 5.41. The molecule has 4 N–H and O–H groups in total. The van der Waals surface area contributed by atoms with Gasteiger partial charge in [-0.15, -0.1) is 0 Å². The Morgan fingerprint density at radius 3 is 2.83 bits per heavy atom. The molecule has 0 radical (unpaired) electrons. The Morgan fingerprint density at radius 2 is 2.09 bits per heavy atom. The van der Waals surface area contributed by atoms with Crippen LogP contribution in [0, 0.1) is 17.8 Å². The van der Waals surface area contributed by atoms with Gasteiger partial charge >= 0.3 is 0 Å². The van der Waals surface area contributed by atoms with E-state index in [4.69, 9.17) is 11.6 Å². The number of benzene rings is 1. The van der Waals surface area contributed by atoms with Crippen molar-refractivity contribution in [2.24, 2.45) is 17.8 Å². The summed E-state index contributed by atoms with van der Waals surface area (Å²) in [6.45, 7) is 0.528. The normalized spacial score (nSPS) is 32.6. The van der Waals surface area contributed by atoms with E-state index >= 15 is 0 Å². The summed E-state index contributed by atoms with van der Waals surface area (Å²) in [5, 5.41) is 24.3. The summed E-state index contributed by atoms with van der Waals surface area (Å²) < 4.78 is 0. The standard InChI is InChI=1S/C17H19ClN2O3/c18-11-2-1-8-5-14(20-13(8)6-11)17(23)19-7-10-3-9-4-12(10)16(22)15(9)21/h1-2,5-6,9-10,12,15-16,20-22H,3-4,7H2,(H,19,23)/t9-,10-,12-,15+,16-/m1/s1. The molecule has 1 amide bonds. The van der Waals surface area contributed by atoms with Crippen LogP contribution in [0.1, 0.15) is 23.3 Å². The van der Waals surface area contributed by atoms with Gasteiger partial charge in [0.15, 0.2) is 0 Å². The first-order chi connectivity index (χ1) is 11.0. The minimum absolute atomic E-state index is 0.0943. The van der Waals surface area contributed by atoms with Gasteiger partial charge in [-0.3, -0.25) is 4.79 Å². The van der Waals surface area contributed by atoms with Crippen LogP contribution in [0.2, 0.25) is 5.02 Å². The molecule has 2 fully saturated rings. The highest BCUT2D eigenvalue weighted by Crippen LogP contribution is 2.48. The molecule has 122 valence electrons. The van der Waals surface area contributed by atoms with Crippen LogP contribution in [0.15, 0.2) is 24.3 Å². The maximum absolute atomic E-state index is 12.3. The number of carbonyl (C=O) groups is 1. The smallest absolute Gasteiger partial charge is 0.267 e. The number of carbonyl (C=O) groups excluding carboxylic acids is 1. The number of aromatic amines is 1. The van der Waals surface area contributed by atoms with Crippen LogP contribution in [0.25, 0.3) is 10.9 Å². The largest absolute Gasteiger partial charge is 0.390 e. The van der Waals surface area contributed by atoms with Crippen molar-refractivity contribution in [3.63, 3.8) is 0 Å². The van der Waals surface area contributed by atoms with E-state index < -0.39 is 12.2 Å². The predicted octanol–water partition coefficient (Wildman–Crippen LogP) is 1.93. The van der Waals surface area contributed by atoms with Crippen molar-refractivity contribution in [2.45, 2.75) is 25.0 Å². The van der Waals surface area contributed by atoms with Gasteiger partial charge in [-0.25, -0.2) is 0 Å². The summed E-state index contributed by atoms with van der Waals surface area (Å²) in [6, 6.07) is 7.27. The van der Waals surface area contributed by atoms with E-state index in [1.54, 1.807) is 18.2 Å². The minimum atomic E-state index is -0.647. The van der Waals surface area contributed by atoms with Crippen molar-refractivity contribution >= 4 is 28.4 Å². The summed E-state index contributed by atoms with van der Waals surface area (Å²) >= 11 is 5.95. The van der Waals surface area contributed by atoms with Gasteiger partial charge in [-0.2, -0.15) is 0 Å². The molecule has 4 rings (SSSR count). The van der Waals surface area contributed by atoms with Crippen LogP contribution in [-0.4, -0.2) is 39.9 Å². The summed E-state index contributed by atoms with van der Waals surface area (Å²) in [7, 11) is 0. The summed E-state index contributed by atoms with van der Waals surface area (Å²) in [4.78, 5) is 15.4. The van der Waals surface area contributed by atoms with E-state index in [0.29, 0.717) is 17.3 Å². The fourth-order valence-corrected chi connectivity index (χ4v) is 4.38. The lowest BCUT2D eigenvalue weighted by atomic mass is 9.85. The van der Waals surface area contributed by atoms with Crippen molar-refractivity contribution in [3.8, 4) is 0 Å². The number of rotatable bonds is 3. The molecular weight excluding hydrogens is 316 g/mol. The number of H-pyrrole nitrogens is 1. The second-order valence-corrected chi connectivity index (χ2v) is 7.20. The number of aliphatic hydroxyl groups is 2. The van der Waals surface area contributed by atoms with Crippen molar-refractivity contribution in [1.82, 2.24) is 10.3 Å². The summed E-state index contributed by atoms with van der Waals surface area (Å²) in [6.07, 6.45) is 0.482. The van der Waals surface area contributed by atoms with Crippen LogP contribution in [-0.2, 0) is 0 Å². The zero-order valence-corrected chi connectivity index (χ0v) is 13.3. The third-order valence-corrected chi connectivity index (χ3v) is 5.65. The second-order valence-electron chi connectivity index (χ2n) is 6.76. The fourth-order valence-electron chi connectivity index (χ4n) is 4.21. The van der Waals surface area contributed by atoms with Crippen LogP contribution in [0.4, 0.5) is 0 Å². The zero-order chi connectivity index (χ0) is 16.1. The maximum atomic E-state index is 12.3. The molecule has 0 unspecified atom stereocenters. The Hall–Kier alpha value is -1.56. The Kier molecular flexibility index (Phi) is 3.59. The van der Waals surface area contributed by atoms with Crippen molar-refractivity contribution < 1.29 is 15.0 Å². The minimum Gasteiger partial charge on any atom is -0.390 e. The number of hydrogen-bond donors (Lipinski definition) is 4. The molecule has 0 spiro atoms. The Labute approximate surface area is 138 Å². The van der Waals surface area contributed by atoms with Gasteiger partial charge in [-0.1, -0.05) is 17.7 Å². The molecule has 23 heavy (non-hydrogen) atoms. The molecule has 1 heterocycles. The first kappa shape index (κ1) is 15.0. The van der Waals surface area contributed by atoms with Crippen LogP contribution < -0.4 is 5.32 Å². The highest BCUT2D eigenvalue weighted by Gasteiger charge is 2.51. The van der Waals surface area contributed by atoms with Crippen molar-refractivity contribution in [2.75, 3.05) is 6.54 Å². The summed E-state index contributed by atoms with van der Waals surface area (Å²) in [5.41, 5.74) is 1.34. The Morgan fingerprint density at radius 1 is 1.26 bits per heavy atom. The predicted molar refractivity (Wildman–Crippen MR) is 87.4 cm³/mol. The molecule has 1 aromatic carbocycles. The topological polar surface area (TPSA) is 85.3 Å². The maximum Gasteiger partial charge on any atom is 0.267 e. The molecule has 1 aromatic heterocycles. The highest BCUT2D eigenvalue weighted by molar-refractivity contribution is 6.31. The number of amides is 1. The quantitative estimate of drug-likeness (QED) is 0.692. The van der Waals surface area contributed by atoms with Gasteiger partial charge in [0, 0.05) is 22.5 Å². The number of aliphatic hydroxyl groups excluding tert-OH is 2. The van der Waals surface area contributed by atoms with Crippen LogP contribution >= 0.6 is 11.6 Å². The summed E-state index contributed by atoms with van der Waals surface area (Å²) in [5.74, 6) is 0.347. The monoisotopic (exact) mass is 334 g/mol. The third kappa shape index (κ3) is 2.53. The SMILES string of the molecule is O=C(NC[C@H]1C[C@@H]2C[C@H]1[C@@H](O)[C@H]2O)c1cc2ccc(Cl)cc2[nH]1. The number of hydrogen-bond acceptors (Lipinski definition) is 3. The van der Waals surface area contributed by atoms with Gasteiger partial charge in [0.2, 0.25) is 0 Å². The molecule has 5 nitrogen and oxygen atoms in total. The van der Waals surface area contributed by atoms with Gasteiger partial charge in [-0.05, 0) is 48.8 Å². The molecular formula is C17H19ClN2O3. The molecule has 6 heteroatoms. The van der Waals surface area contributed by atoms with Gasteiger partial charge in [0.25, 0.3) is 5.91 Å². The van der Waals surface area contributed by atoms with Gasteiger partial charge in [0.05, 0.1) is 12.2 Å².